The molecule has 0 bridgehead atoms. The first-order valence-corrected chi connectivity index (χ1v) is 13.2. The number of hydrogen-bond donors (Lipinski definition) is 2. The van der Waals surface area contributed by atoms with Gasteiger partial charge in [-0.1, -0.05) is 48.5 Å². The number of benzene rings is 3. The van der Waals surface area contributed by atoms with E-state index in [1.54, 1.807) is 36.3 Å². The number of pyridine rings is 1. The fourth-order valence-corrected chi connectivity index (χ4v) is 5.55. The zero-order valence-corrected chi connectivity index (χ0v) is 22.0. The Morgan fingerprint density at radius 3 is 2.78 bits per heavy atom. The van der Waals surface area contributed by atoms with Crippen molar-refractivity contribution in [1.82, 2.24) is 30.0 Å². The fourth-order valence-electron chi connectivity index (χ4n) is 5.55. The summed E-state index contributed by atoms with van der Waals surface area (Å²) in [5.41, 5.74) is 3.01. The number of aromatic amines is 1. The number of anilines is 1. The number of rotatable bonds is 5. The lowest BCUT2D eigenvalue weighted by Gasteiger charge is -2.22. The summed E-state index contributed by atoms with van der Waals surface area (Å²) >= 11 is 0. The molecule has 202 valence electrons. The number of nitrogens with zero attached hydrogens (tertiary/aromatic N) is 5. The number of nitrogens with one attached hydrogen (secondary N) is 2. The molecule has 10 heteroatoms. The van der Waals surface area contributed by atoms with E-state index >= 15 is 0 Å². The molecule has 2 N–H and O–H groups in total. The topological polar surface area (TPSA) is 109 Å². The summed E-state index contributed by atoms with van der Waals surface area (Å²) in [6.45, 7) is 0. The SMILES string of the molecule is CN1C(=O)[C@@H](NC(=O)c2n[nH]c(Cc3ccccc3F)n2)Cc2cn(-c3nccc4ccccc34)c3cccc1c23. The van der Waals surface area contributed by atoms with Crippen LogP contribution in [0.25, 0.3) is 27.5 Å². The third-order valence-corrected chi connectivity index (χ3v) is 7.54. The molecule has 6 aromatic rings. The molecule has 0 spiro atoms. The van der Waals surface area contributed by atoms with Gasteiger partial charge in [0, 0.05) is 43.1 Å². The van der Waals surface area contributed by atoms with Gasteiger partial charge in [0.1, 0.15) is 23.5 Å². The van der Waals surface area contributed by atoms with Crippen molar-refractivity contribution in [2.45, 2.75) is 18.9 Å². The molecule has 0 saturated heterocycles. The number of likely N-dealkylation sites (N-methyl/N-ethyl adjacent to an activating group) is 1. The molecule has 0 radical (unpaired) electrons. The number of aromatic nitrogens is 5. The van der Waals surface area contributed by atoms with E-state index in [9.17, 15) is 14.0 Å². The Morgan fingerprint density at radius 2 is 1.90 bits per heavy atom. The zero-order valence-electron chi connectivity index (χ0n) is 22.0. The summed E-state index contributed by atoms with van der Waals surface area (Å²) in [6, 6.07) is 21.4. The maximum absolute atomic E-state index is 14.1. The van der Waals surface area contributed by atoms with Crippen molar-refractivity contribution >= 4 is 39.2 Å². The molecule has 0 aliphatic carbocycles. The molecule has 41 heavy (non-hydrogen) atoms. The molecule has 1 aliphatic rings. The van der Waals surface area contributed by atoms with E-state index in [4.69, 9.17) is 4.98 Å². The predicted octanol–water partition coefficient (Wildman–Crippen LogP) is 4.34. The van der Waals surface area contributed by atoms with Crippen molar-refractivity contribution in [3.63, 3.8) is 0 Å². The van der Waals surface area contributed by atoms with Crippen molar-refractivity contribution in [2.24, 2.45) is 0 Å². The van der Waals surface area contributed by atoms with E-state index in [1.165, 1.54) is 6.07 Å². The number of carbonyl (C=O) groups is 2. The molecule has 3 aromatic carbocycles. The highest BCUT2D eigenvalue weighted by atomic mass is 19.1. The van der Waals surface area contributed by atoms with Gasteiger partial charge in [-0.2, -0.15) is 0 Å². The molecule has 1 atom stereocenters. The average molecular weight is 546 g/mol. The van der Waals surface area contributed by atoms with Crippen molar-refractivity contribution in [1.29, 1.82) is 0 Å². The lowest BCUT2D eigenvalue weighted by atomic mass is 10.1. The number of amides is 2. The van der Waals surface area contributed by atoms with E-state index in [0.717, 1.165) is 38.7 Å². The Hall–Kier alpha value is -5.38. The first kappa shape index (κ1) is 24.6. The Balaban J connectivity index is 1.21. The molecule has 4 heterocycles. The highest BCUT2D eigenvalue weighted by Crippen LogP contribution is 2.37. The summed E-state index contributed by atoms with van der Waals surface area (Å²) < 4.78 is 16.1. The number of H-pyrrole nitrogens is 1. The number of carbonyl (C=O) groups excluding carboxylic acids is 2. The normalized spacial score (nSPS) is 14.9. The standard InChI is InChI=1S/C31H24FN7O2/c1-38-24-11-6-12-25-27(24)20(17-39(25)29-21-9-4-2-7-18(21)13-14-33-29)15-23(31(38)41)34-30(40)28-35-26(36-37-28)16-19-8-3-5-10-22(19)32/h2-14,17,23H,15-16H2,1H3,(H,34,40)(H,35,36,37)/t23-/m0/s1. The third-order valence-electron chi connectivity index (χ3n) is 7.54. The minimum absolute atomic E-state index is 0.115. The van der Waals surface area contributed by atoms with E-state index in [2.05, 4.69) is 20.5 Å². The predicted molar refractivity (Wildman–Crippen MR) is 153 cm³/mol. The van der Waals surface area contributed by atoms with Gasteiger partial charge in [0.05, 0.1) is 11.2 Å². The van der Waals surface area contributed by atoms with E-state index in [0.29, 0.717) is 11.4 Å². The lowest BCUT2D eigenvalue weighted by Crippen LogP contribution is -2.48. The highest BCUT2D eigenvalue weighted by Gasteiger charge is 2.33. The van der Waals surface area contributed by atoms with Crippen LogP contribution in [0.3, 0.4) is 0 Å². The number of hydrogen-bond acceptors (Lipinski definition) is 5. The largest absolute Gasteiger partial charge is 0.337 e. The molecule has 0 unspecified atom stereocenters. The summed E-state index contributed by atoms with van der Waals surface area (Å²) in [7, 11) is 1.71. The van der Waals surface area contributed by atoms with Crippen molar-refractivity contribution in [3.05, 3.63) is 114 Å². The Morgan fingerprint density at radius 1 is 1.07 bits per heavy atom. The van der Waals surface area contributed by atoms with Gasteiger partial charge in [-0.3, -0.25) is 14.7 Å². The van der Waals surface area contributed by atoms with Crippen LogP contribution in [0, 0.1) is 5.82 Å². The second-order valence-corrected chi connectivity index (χ2v) is 10.1. The van der Waals surface area contributed by atoms with Gasteiger partial charge in [-0.15, -0.1) is 5.10 Å². The minimum Gasteiger partial charge on any atom is -0.337 e. The summed E-state index contributed by atoms with van der Waals surface area (Å²) in [6.07, 6.45) is 4.20. The van der Waals surface area contributed by atoms with Crippen molar-refractivity contribution < 1.29 is 14.0 Å². The molecular formula is C31H24FN7O2. The van der Waals surface area contributed by atoms with E-state index < -0.39 is 11.9 Å². The Labute approximate surface area is 233 Å². The summed E-state index contributed by atoms with van der Waals surface area (Å²) in [5.74, 6) is -0.188. The smallest absolute Gasteiger partial charge is 0.291 e. The fraction of sp³-hybridized carbons (Fsp3) is 0.129. The van der Waals surface area contributed by atoms with Crippen LogP contribution in [0.5, 0.6) is 0 Å². The lowest BCUT2D eigenvalue weighted by molar-refractivity contribution is -0.120. The monoisotopic (exact) mass is 545 g/mol. The molecule has 0 fully saturated rings. The second-order valence-electron chi connectivity index (χ2n) is 10.1. The Bertz CT molecular complexity index is 1970. The minimum atomic E-state index is -0.854. The second kappa shape index (κ2) is 9.67. The van der Waals surface area contributed by atoms with Gasteiger partial charge in [0.2, 0.25) is 11.7 Å². The highest BCUT2D eigenvalue weighted by molar-refractivity contribution is 6.10. The van der Waals surface area contributed by atoms with Crippen molar-refractivity contribution in [3.8, 4) is 5.82 Å². The number of halogens is 1. The molecule has 3 aromatic heterocycles. The summed E-state index contributed by atoms with van der Waals surface area (Å²) in [5, 5.41) is 12.6. The van der Waals surface area contributed by atoms with E-state index in [-0.39, 0.29) is 30.4 Å². The molecule has 1 aliphatic heterocycles. The van der Waals surface area contributed by atoms with Crippen LogP contribution < -0.4 is 10.2 Å². The van der Waals surface area contributed by atoms with Crippen LogP contribution in [-0.4, -0.2) is 49.6 Å². The number of fused-ring (bicyclic) bond motifs is 1. The third kappa shape index (κ3) is 4.20. The van der Waals surface area contributed by atoms with Crippen LogP contribution in [0.4, 0.5) is 10.1 Å². The maximum atomic E-state index is 14.1. The zero-order chi connectivity index (χ0) is 28.1. The maximum Gasteiger partial charge on any atom is 0.291 e. The van der Waals surface area contributed by atoms with Gasteiger partial charge in [-0.25, -0.2) is 14.4 Å². The molecule has 9 nitrogen and oxygen atoms in total. The van der Waals surface area contributed by atoms with Gasteiger partial charge >= 0.3 is 0 Å². The van der Waals surface area contributed by atoms with Crippen LogP contribution in [0.15, 0.2) is 85.2 Å². The Kier molecular flexibility index (Phi) is 5.81. The van der Waals surface area contributed by atoms with Crippen LogP contribution in [0.2, 0.25) is 0 Å². The first-order valence-electron chi connectivity index (χ1n) is 13.2. The van der Waals surface area contributed by atoms with Crippen molar-refractivity contribution in [2.75, 3.05) is 11.9 Å². The average Bonchev–Trinajstić information content (AvgIpc) is 3.59. The van der Waals surface area contributed by atoms with Crippen LogP contribution in [0.1, 0.15) is 27.6 Å². The molecular weight excluding hydrogens is 521 g/mol. The van der Waals surface area contributed by atoms with Crippen LogP contribution >= 0.6 is 0 Å². The van der Waals surface area contributed by atoms with Gasteiger partial charge in [0.15, 0.2) is 0 Å². The van der Waals surface area contributed by atoms with Gasteiger partial charge in [0.25, 0.3) is 5.91 Å². The summed E-state index contributed by atoms with van der Waals surface area (Å²) in [4.78, 5) is 37.2. The van der Waals surface area contributed by atoms with Gasteiger partial charge in [-0.05, 0) is 40.8 Å². The molecule has 0 saturated carbocycles. The van der Waals surface area contributed by atoms with E-state index in [1.807, 2.05) is 59.3 Å². The first-order chi connectivity index (χ1) is 20.0. The molecule has 2 amide bonds. The quantitative estimate of drug-likeness (QED) is 0.335. The van der Waals surface area contributed by atoms with Crippen LogP contribution in [-0.2, 0) is 17.6 Å². The molecule has 7 rings (SSSR count). The van der Waals surface area contributed by atoms with Gasteiger partial charge < -0.3 is 14.8 Å².